The van der Waals surface area contributed by atoms with Gasteiger partial charge >= 0.3 is 0 Å². The molecule has 0 spiro atoms. The van der Waals surface area contributed by atoms with Gasteiger partial charge in [-0.1, -0.05) is 84.0 Å². The first-order valence-electron chi connectivity index (χ1n) is 10.9. The van der Waals surface area contributed by atoms with E-state index in [0.717, 1.165) is 13.0 Å². The lowest BCUT2D eigenvalue weighted by molar-refractivity contribution is -0.127. The molecule has 1 atom stereocenters. The summed E-state index contributed by atoms with van der Waals surface area (Å²) in [7, 11) is 1.88. The van der Waals surface area contributed by atoms with E-state index in [9.17, 15) is 9.90 Å². The van der Waals surface area contributed by atoms with Gasteiger partial charge in [0.05, 0.1) is 0 Å². The summed E-state index contributed by atoms with van der Waals surface area (Å²) in [5, 5.41) is 9.50. The van der Waals surface area contributed by atoms with Gasteiger partial charge in [0.25, 0.3) is 0 Å². The summed E-state index contributed by atoms with van der Waals surface area (Å²) in [5.41, 5.74) is 0. The Bertz CT molecular complexity index is 294. The molecule has 0 heterocycles. The van der Waals surface area contributed by atoms with Gasteiger partial charge in [-0.05, 0) is 25.2 Å². The number of aliphatic hydroxyl groups is 1. The lowest BCUT2D eigenvalue weighted by atomic mass is 9.95. The Hall–Kier alpha value is -0.570. The molecular formula is C22H45NO2. The zero-order valence-electron chi connectivity index (χ0n) is 17.4. The minimum absolute atomic E-state index is 0.169. The van der Waals surface area contributed by atoms with Gasteiger partial charge in [0.15, 0.2) is 0 Å². The Morgan fingerprint density at radius 3 is 1.68 bits per heavy atom. The van der Waals surface area contributed by atoms with Crippen molar-refractivity contribution in [1.29, 1.82) is 0 Å². The van der Waals surface area contributed by atoms with Crippen molar-refractivity contribution in [3.8, 4) is 0 Å². The normalized spacial score (nSPS) is 12.3. The molecule has 1 unspecified atom stereocenters. The number of carbonyl (C=O) groups excluding carboxylic acids is 1. The first-order valence-corrected chi connectivity index (χ1v) is 10.9. The highest BCUT2D eigenvalue weighted by atomic mass is 16.3. The van der Waals surface area contributed by atoms with E-state index in [1.165, 1.54) is 89.9 Å². The van der Waals surface area contributed by atoms with Crippen molar-refractivity contribution in [3.05, 3.63) is 0 Å². The van der Waals surface area contributed by atoms with Gasteiger partial charge in [0.2, 0.25) is 5.91 Å². The summed E-state index contributed by atoms with van der Waals surface area (Å²) in [6, 6.07) is 0. The number of rotatable bonds is 18. The van der Waals surface area contributed by atoms with Crippen molar-refractivity contribution in [2.45, 2.75) is 110 Å². The fourth-order valence-corrected chi connectivity index (χ4v) is 3.36. The van der Waals surface area contributed by atoms with Crippen LogP contribution < -0.4 is 0 Å². The molecule has 0 fully saturated rings. The first-order chi connectivity index (χ1) is 12.1. The molecule has 3 heteroatoms. The smallest absolute Gasteiger partial charge is 0.219 e. The molecule has 0 saturated carbocycles. The maximum atomic E-state index is 11.1. The Labute approximate surface area is 157 Å². The van der Waals surface area contributed by atoms with Gasteiger partial charge in [-0.15, -0.1) is 0 Å². The minimum atomic E-state index is 0.169. The van der Waals surface area contributed by atoms with Crippen LogP contribution in [0.2, 0.25) is 0 Å². The SMILES string of the molecule is CCCCCCCC(CO)CCCCCCCCCCN(C)C(C)=O. The van der Waals surface area contributed by atoms with Crippen LogP contribution in [0.4, 0.5) is 0 Å². The van der Waals surface area contributed by atoms with Crippen molar-refractivity contribution >= 4 is 5.91 Å². The molecule has 0 saturated heterocycles. The molecule has 0 aliphatic rings. The predicted molar refractivity (Wildman–Crippen MR) is 109 cm³/mol. The highest BCUT2D eigenvalue weighted by Gasteiger charge is 2.07. The Morgan fingerprint density at radius 1 is 0.800 bits per heavy atom. The quantitative estimate of drug-likeness (QED) is 0.309. The number of hydrogen-bond donors (Lipinski definition) is 1. The number of amides is 1. The van der Waals surface area contributed by atoms with E-state index in [0.29, 0.717) is 12.5 Å². The van der Waals surface area contributed by atoms with Crippen molar-refractivity contribution in [2.75, 3.05) is 20.2 Å². The number of nitrogens with zero attached hydrogens (tertiary/aromatic N) is 1. The monoisotopic (exact) mass is 355 g/mol. The van der Waals surface area contributed by atoms with Gasteiger partial charge in [0, 0.05) is 27.1 Å². The molecule has 0 aliphatic carbocycles. The minimum Gasteiger partial charge on any atom is -0.396 e. The van der Waals surface area contributed by atoms with Gasteiger partial charge in [-0.3, -0.25) is 4.79 Å². The van der Waals surface area contributed by atoms with Gasteiger partial charge < -0.3 is 10.0 Å². The summed E-state index contributed by atoms with van der Waals surface area (Å²) < 4.78 is 0. The van der Waals surface area contributed by atoms with E-state index in [-0.39, 0.29) is 5.91 Å². The van der Waals surface area contributed by atoms with Gasteiger partial charge in [0.1, 0.15) is 0 Å². The fraction of sp³-hybridized carbons (Fsp3) is 0.955. The van der Waals surface area contributed by atoms with Crippen LogP contribution in [-0.4, -0.2) is 36.1 Å². The number of aliphatic hydroxyl groups excluding tert-OH is 1. The number of unbranched alkanes of at least 4 members (excludes halogenated alkanes) is 11. The number of hydrogen-bond acceptors (Lipinski definition) is 2. The Morgan fingerprint density at radius 2 is 1.24 bits per heavy atom. The predicted octanol–water partition coefficient (Wildman–Crippen LogP) is 5.94. The molecule has 3 nitrogen and oxygen atoms in total. The third-order valence-electron chi connectivity index (χ3n) is 5.37. The summed E-state index contributed by atoms with van der Waals surface area (Å²) in [5.74, 6) is 0.710. The molecule has 0 bridgehead atoms. The third kappa shape index (κ3) is 16.6. The molecule has 0 radical (unpaired) electrons. The number of carbonyl (C=O) groups is 1. The van der Waals surface area contributed by atoms with Gasteiger partial charge in [-0.2, -0.15) is 0 Å². The molecule has 0 aromatic rings. The van der Waals surface area contributed by atoms with Crippen LogP contribution in [0.1, 0.15) is 110 Å². The van der Waals surface area contributed by atoms with Crippen LogP contribution in [-0.2, 0) is 4.79 Å². The van der Waals surface area contributed by atoms with E-state index in [1.54, 1.807) is 11.8 Å². The van der Waals surface area contributed by atoms with Crippen molar-refractivity contribution < 1.29 is 9.90 Å². The molecule has 1 N–H and O–H groups in total. The molecule has 0 aromatic heterocycles. The van der Waals surface area contributed by atoms with Crippen LogP contribution in [0.3, 0.4) is 0 Å². The second-order valence-electron chi connectivity index (χ2n) is 7.81. The van der Waals surface area contributed by atoms with E-state index >= 15 is 0 Å². The average molecular weight is 356 g/mol. The summed E-state index contributed by atoms with van der Waals surface area (Å²) >= 11 is 0. The average Bonchev–Trinajstić information content (AvgIpc) is 2.60. The molecule has 0 rings (SSSR count). The largest absolute Gasteiger partial charge is 0.396 e. The Kier molecular flexibility index (Phi) is 17.8. The topological polar surface area (TPSA) is 40.5 Å². The first kappa shape index (κ1) is 24.4. The summed E-state index contributed by atoms with van der Waals surface area (Å²) in [6.07, 6.45) is 19.3. The van der Waals surface area contributed by atoms with E-state index in [1.807, 2.05) is 7.05 Å². The summed E-state index contributed by atoms with van der Waals surface area (Å²) in [6.45, 7) is 5.16. The van der Waals surface area contributed by atoms with Crippen LogP contribution in [0.15, 0.2) is 0 Å². The van der Waals surface area contributed by atoms with E-state index < -0.39 is 0 Å². The van der Waals surface area contributed by atoms with Crippen LogP contribution >= 0.6 is 0 Å². The van der Waals surface area contributed by atoms with E-state index in [2.05, 4.69) is 6.92 Å². The standard InChI is InChI=1S/C22H45NO2/c1-4-5-6-11-14-17-22(20-24)18-15-12-9-7-8-10-13-16-19-23(3)21(2)25/h22,24H,4-20H2,1-3H3. The lowest BCUT2D eigenvalue weighted by Gasteiger charge is -2.14. The van der Waals surface area contributed by atoms with Crippen LogP contribution in [0.25, 0.3) is 0 Å². The maximum Gasteiger partial charge on any atom is 0.219 e. The van der Waals surface area contributed by atoms with Gasteiger partial charge in [-0.25, -0.2) is 0 Å². The molecule has 0 aliphatic heterocycles. The summed E-state index contributed by atoms with van der Waals surface area (Å²) in [4.78, 5) is 12.9. The molecule has 1 amide bonds. The van der Waals surface area contributed by atoms with Crippen LogP contribution in [0.5, 0.6) is 0 Å². The molecular weight excluding hydrogens is 310 g/mol. The fourth-order valence-electron chi connectivity index (χ4n) is 3.36. The zero-order valence-corrected chi connectivity index (χ0v) is 17.4. The van der Waals surface area contributed by atoms with Crippen molar-refractivity contribution in [2.24, 2.45) is 5.92 Å². The molecule has 150 valence electrons. The van der Waals surface area contributed by atoms with Crippen LogP contribution in [0, 0.1) is 5.92 Å². The second kappa shape index (κ2) is 18.2. The molecule has 0 aromatic carbocycles. The molecule has 25 heavy (non-hydrogen) atoms. The highest BCUT2D eigenvalue weighted by Crippen LogP contribution is 2.18. The lowest BCUT2D eigenvalue weighted by Crippen LogP contribution is -2.24. The van der Waals surface area contributed by atoms with E-state index in [4.69, 9.17) is 0 Å². The van der Waals surface area contributed by atoms with Crippen molar-refractivity contribution in [1.82, 2.24) is 4.90 Å². The maximum absolute atomic E-state index is 11.1. The van der Waals surface area contributed by atoms with Crippen molar-refractivity contribution in [3.63, 3.8) is 0 Å². The third-order valence-corrected chi connectivity index (χ3v) is 5.37. The second-order valence-corrected chi connectivity index (χ2v) is 7.81. The highest BCUT2D eigenvalue weighted by molar-refractivity contribution is 5.72. The zero-order chi connectivity index (χ0) is 18.8. The Balaban J connectivity index is 3.33.